The average molecular weight is 418 g/mol. The SMILES string of the molecule is COc1ccc2nc(NC(=O)c3cccc(S(=O)(=O)N4CCCC4)c3)sc2c1. The number of carbonyl (C=O) groups excluding carboxylic acids is 1. The van der Waals surface area contributed by atoms with Crippen molar-refractivity contribution in [3.63, 3.8) is 0 Å². The van der Waals surface area contributed by atoms with Crippen LogP contribution >= 0.6 is 11.3 Å². The molecule has 0 aliphatic carbocycles. The molecule has 146 valence electrons. The molecule has 1 aliphatic heterocycles. The Morgan fingerprint density at radius 1 is 1.18 bits per heavy atom. The van der Waals surface area contributed by atoms with Crippen molar-refractivity contribution in [1.82, 2.24) is 9.29 Å². The minimum atomic E-state index is -3.57. The minimum absolute atomic E-state index is 0.135. The fourth-order valence-electron chi connectivity index (χ4n) is 3.13. The van der Waals surface area contributed by atoms with E-state index in [9.17, 15) is 13.2 Å². The first-order valence-electron chi connectivity index (χ1n) is 8.83. The zero-order valence-electron chi connectivity index (χ0n) is 15.2. The largest absolute Gasteiger partial charge is 0.497 e. The van der Waals surface area contributed by atoms with Crippen molar-refractivity contribution in [3.05, 3.63) is 48.0 Å². The van der Waals surface area contributed by atoms with Gasteiger partial charge in [0.05, 0.1) is 22.2 Å². The van der Waals surface area contributed by atoms with Crippen molar-refractivity contribution >= 4 is 42.6 Å². The standard InChI is InChI=1S/C19H19N3O4S2/c1-26-14-7-8-16-17(12-14)27-19(20-16)21-18(23)13-5-4-6-15(11-13)28(24,25)22-9-2-3-10-22/h4-8,11-12H,2-3,9-10H2,1H3,(H,20,21,23). The normalized spacial score (nSPS) is 15.0. The lowest BCUT2D eigenvalue weighted by Gasteiger charge is -2.15. The van der Waals surface area contributed by atoms with Gasteiger partial charge < -0.3 is 4.74 Å². The molecule has 0 bridgehead atoms. The summed E-state index contributed by atoms with van der Waals surface area (Å²) in [4.78, 5) is 17.2. The number of fused-ring (bicyclic) bond motifs is 1. The highest BCUT2D eigenvalue weighted by molar-refractivity contribution is 7.89. The molecule has 4 rings (SSSR count). The summed E-state index contributed by atoms with van der Waals surface area (Å²) in [6, 6.07) is 11.6. The summed E-state index contributed by atoms with van der Waals surface area (Å²) >= 11 is 1.33. The highest BCUT2D eigenvalue weighted by Crippen LogP contribution is 2.29. The predicted octanol–water partition coefficient (Wildman–Crippen LogP) is 3.34. The van der Waals surface area contributed by atoms with E-state index in [4.69, 9.17) is 4.74 Å². The third kappa shape index (κ3) is 3.60. The Morgan fingerprint density at radius 2 is 1.96 bits per heavy atom. The lowest BCUT2D eigenvalue weighted by molar-refractivity contribution is 0.102. The molecule has 1 N–H and O–H groups in total. The Hall–Kier alpha value is -2.49. The molecule has 0 atom stereocenters. The van der Waals surface area contributed by atoms with Gasteiger partial charge in [0.2, 0.25) is 10.0 Å². The van der Waals surface area contributed by atoms with Gasteiger partial charge in [-0.05, 0) is 49.2 Å². The number of rotatable bonds is 5. The van der Waals surface area contributed by atoms with E-state index < -0.39 is 15.9 Å². The average Bonchev–Trinajstić information content (AvgIpc) is 3.37. The third-order valence-corrected chi connectivity index (χ3v) is 7.44. The number of methoxy groups -OCH3 is 1. The number of aromatic nitrogens is 1. The van der Waals surface area contributed by atoms with Gasteiger partial charge in [0, 0.05) is 18.7 Å². The number of nitrogens with zero attached hydrogens (tertiary/aromatic N) is 2. The third-order valence-electron chi connectivity index (χ3n) is 4.62. The number of ether oxygens (including phenoxy) is 1. The van der Waals surface area contributed by atoms with Crippen LogP contribution in [0.1, 0.15) is 23.2 Å². The van der Waals surface area contributed by atoms with Crippen LogP contribution in [0.2, 0.25) is 0 Å². The summed E-state index contributed by atoms with van der Waals surface area (Å²) in [5.41, 5.74) is 1.03. The molecule has 7 nitrogen and oxygen atoms in total. The van der Waals surface area contributed by atoms with Crippen molar-refractivity contribution in [2.24, 2.45) is 0 Å². The molecule has 9 heteroatoms. The molecule has 28 heavy (non-hydrogen) atoms. The second kappa shape index (κ2) is 7.50. The van der Waals surface area contributed by atoms with Crippen LogP contribution < -0.4 is 10.1 Å². The molecule has 2 aromatic carbocycles. The Balaban J connectivity index is 1.57. The first-order chi connectivity index (χ1) is 13.5. The minimum Gasteiger partial charge on any atom is -0.497 e. The molecule has 1 saturated heterocycles. The highest BCUT2D eigenvalue weighted by Gasteiger charge is 2.27. The summed E-state index contributed by atoms with van der Waals surface area (Å²) in [5.74, 6) is 0.318. The monoisotopic (exact) mass is 417 g/mol. The van der Waals surface area contributed by atoms with Gasteiger partial charge in [0.25, 0.3) is 5.91 Å². The van der Waals surface area contributed by atoms with Gasteiger partial charge >= 0.3 is 0 Å². The van der Waals surface area contributed by atoms with Crippen LogP contribution in [0.5, 0.6) is 5.75 Å². The van der Waals surface area contributed by atoms with Gasteiger partial charge in [-0.15, -0.1) is 0 Å². The number of hydrogen-bond acceptors (Lipinski definition) is 6. The fraction of sp³-hybridized carbons (Fsp3) is 0.263. The molecular formula is C19H19N3O4S2. The molecule has 1 amide bonds. The number of anilines is 1. The van der Waals surface area contributed by atoms with Gasteiger partial charge in [-0.2, -0.15) is 4.31 Å². The second-order valence-electron chi connectivity index (χ2n) is 6.45. The van der Waals surface area contributed by atoms with E-state index in [1.54, 1.807) is 25.3 Å². The molecule has 0 radical (unpaired) electrons. The molecule has 2 heterocycles. The van der Waals surface area contributed by atoms with E-state index in [0.29, 0.717) is 24.0 Å². The summed E-state index contributed by atoms with van der Waals surface area (Å²) in [6.45, 7) is 1.04. The van der Waals surface area contributed by atoms with Crippen LogP contribution in [0.4, 0.5) is 5.13 Å². The lowest BCUT2D eigenvalue weighted by atomic mass is 10.2. The van der Waals surface area contributed by atoms with E-state index in [-0.39, 0.29) is 10.5 Å². The molecule has 1 aliphatic rings. The van der Waals surface area contributed by atoms with Crippen molar-refractivity contribution < 1.29 is 17.9 Å². The van der Waals surface area contributed by atoms with Crippen LogP contribution in [0.3, 0.4) is 0 Å². The van der Waals surface area contributed by atoms with E-state index in [1.165, 1.54) is 27.8 Å². The Kier molecular flexibility index (Phi) is 5.05. The number of thiazole rings is 1. The maximum Gasteiger partial charge on any atom is 0.257 e. The van der Waals surface area contributed by atoms with Crippen LogP contribution in [0.25, 0.3) is 10.2 Å². The Bertz CT molecular complexity index is 1140. The number of nitrogens with one attached hydrogen (secondary N) is 1. The molecule has 1 fully saturated rings. The van der Waals surface area contributed by atoms with Crippen LogP contribution in [-0.2, 0) is 10.0 Å². The molecule has 0 unspecified atom stereocenters. The van der Waals surface area contributed by atoms with Gasteiger partial charge in [-0.3, -0.25) is 10.1 Å². The van der Waals surface area contributed by atoms with Crippen molar-refractivity contribution in [2.45, 2.75) is 17.7 Å². The molecular weight excluding hydrogens is 398 g/mol. The van der Waals surface area contributed by atoms with Crippen molar-refractivity contribution in [1.29, 1.82) is 0 Å². The summed E-state index contributed by atoms with van der Waals surface area (Å²) in [6.07, 6.45) is 1.73. The van der Waals surface area contributed by atoms with Crippen LogP contribution in [0.15, 0.2) is 47.4 Å². The lowest BCUT2D eigenvalue weighted by Crippen LogP contribution is -2.28. The van der Waals surface area contributed by atoms with E-state index >= 15 is 0 Å². The maximum absolute atomic E-state index is 12.7. The van der Waals surface area contributed by atoms with Crippen molar-refractivity contribution in [3.8, 4) is 5.75 Å². The molecule has 1 aromatic heterocycles. The second-order valence-corrected chi connectivity index (χ2v) is 9.41. The zero-order chi connectivity index (χ0) is 19.7. The first kappa shape index (κ1) is 18.9. The van der Waals surface area contributed by atoms with Gasteiger partial charge in [-0.1, -0.05) is 17.4 Å². The van der Waals surface area contributed by atoms with Crippen LogP contribution in [0, 0.1) is 0 Å². The summed E-state index contributed by atoms with van der Waals surface area (Å²) in [7, 11) is -1.98. The molecule has 3 aromatic rings. The fourth-order valence-corrected chi connectivity index (χ4v) is 5.58. The van der Waals surface area contributed by atoms with Gasteiger partial charge in [0.1, 0.15) is 5.75 Å². The van der Waals surface area contributed by atoms with Gasteiger partial charge in [-0.25, -0.2) is 13.4 Å². The van der Waals surface area contributed by atoms with Gasteiger partial charge in [0.15, 0.2) is 5.13 Å². The topological polar surface area (TPSA) is 88.6 Å². The maximum atomic E-state index is 12.7. The summed E-state index contributed by atoms with van der Waals surface area (Å²) in [5, 5.41) is 3.20. The quantitative estimate of drug-likeness (QED) is 0.688. The first-order valence-corrected chi connectivity index (χ1v) is 11.1. The number of amides is 1. The number of benzene rings is 2. The van der Waals surface area contributed by atoms with E-state index in [0.717, 1.165) is 23.1 Å². The predicted molar refractivity (Wildman–Crippen MR) is 109 cm³/mol. The van der Waals surface area contributed by atoms with Crippen LogP contribution in [-0.4, -0.2) is 43.8 Å². The number of hydrogen-bond donors (Lipinski definition) is 1. The Morgan fingerprint density at radius 3 is 2.71 bits per heavy atom. The Labute approximate surface area is 167 Å². The van der Waals surface area contributed by atoms with Crippen molar-refractivity contribution in [2.75, 3.05) is 25.5 Å². The molecule has 0 saturated carbocycles. The smallest absolute Gasteiger partial charge is 0.257 e. The number of sulfonamides is 1. The molecule has 0 spiro atoms. The van der Waals surface area contributed by atoms with E-state index in [2.05, 4.69) is 10.3 Å². The summed E-state index contributed by atoms with van der Waals surface area (Å²) < 4.78 is 33.0. The zero-order valence-corrected chi connectivity index (χ0v) is 16.8. The highest BCUT2D eigenvalue weighted by atomic mass is 32.2. The van der Waals surface area contributed by atoms with E-state index in [1.807, 2.05) is 12.1 Å². The number of carbonyl (C=O) groups is 1.